The minimum Gasteiger partial charge on any atom is -0.479 e. The zero-order chi connectivity index (χ0) is 11.4. The van der Waals surface area contributed by atoms with Gasteiger partial charge in [-0.25, -0.2) is 0 Å². The van der Waals surface area contributed by atoms with E-state index in [2.05, 4.69) is 28.0 Å². The summed E-state index contributed by atoms with van der Waals surface area (Å²) in [5.41, 5.74) is 0.964. The van der Waals surface area contributed by atoms with Gasteiger partial charge in [0.05, 0.1) is 6.20 Å². The molecule has 0 radical (unpaired) electrons. The van der Waals surface area contributed by atoms with E-state index in [9.17, 15) is 0 Å². The van der Waals surface area contributed by atoms with Gasteiger partial charge >= 0.3 is 0 Å². The Hall–Kier alpha value is -1.29. The molecule has 1 unspecified atom stereocenters. The number of benzene rings is 1. The summed E-state index contributed by atoms with van der Waals surface area (Å²) in [5, 5.41) is 3.72. The minimum atomic E-state index is 0.0393. The Morgan fingerprint density at radius 3 is 3.00 bits per heavy atom. The van der Waals surface area contributed by atoms with E-state index < -0.39 is 0 Å². The molecule has 0 saturated heterocycles. The molecule has 1 aromatic carbocycles. The monoisotopic (exact) mass is 281 g/mol. The topological polar surface area (TPSA) is 35.3 Å². The van der Waals surface area contributed by atoms with Gasteiger partial charge in [-0.15, -0.1) is 0 Å². The van der Waals surface area contributed by atoms with Gasteiger partial charge in [0.25, 0.3) is 0 Å². The number of ether oxygens (including phenoxy) is 1. The summed E-state index contributed by atoms with van der Waals surface area (Å²) in [7, 11) is 0. The Morgan fingerprint density at radius 1 is 1.44 bits per heavy atom. The van der Waals surface area contributed by atoms with Crippen molar-refractivity contribution in [2.75, 3.05) is 0 Å². The van der Waals surface area contributed by atoms with Crippen LogP contribution in [0.25, 0.3) is 11.3 Å². The van der Waals surface area contributed by atoms with E-state index in [0.29, 0.717) is 0 Å². The number of hydrogen-bond acceptors (Lipinski definition) is 3. The number of halogens is 1. The Bertz CT molecular complexity index is 442. The van der Waals surface area contributed by atoms with Crippen LogP contribution in [0.3, 0.4) is 0 Å². The normalized spacial score (nSPS) is 12.4. The molecule has 0 saturated carbocycles. The van der Waals surface area contributed by atoms with Crippen LogP contribution in [0.2, 0.25) is 0 Å². The van der Waals surface area contributed by atoms with Gasteiger partial charge in [0.1, 0.15) is 5.75 Å². The lowest BCUT2D eigenvalue weighted by molar-refractivity contribution is 0.290. The molecular weight excluding hydrogens is 270 g/mol. The second-order valence-corrected chi connectivity index (χ2v) is 4.36. The largest absolute Gasteiger partial charge is 0.479 e. The fourth-order valence-electron chi connectivity index (χ4n) is 1.32. The summed E-state index contributed by atoms with van der Waals surface area (Å²) in [6, 6.07) is 9.57. The summed E-state index contributed by atoms with van der Waals surface area (Å²) in [6.45, 7) is 2.06. The molecule has 0 fully saturated rings. The highest BCUT2D eigenvalue weighted by atomic mass is 79.9. The number of alkyl halides is 1. The SMILES string of the molecule is CCC(Br)Oc1cccc(-c2ccno2)c1. The van der Waals surface area contributed by atoms with Gasteiger partial charge in [-0.1, -0.05) is 24.2 Å². The number of aromatic nitrogens is 1. The Labute approximate surface area is 103 Å². The van der Waals surface area contributed by atoms with Crippen molar-refractivity contribution < 1.29 is 9.26 Å². The average molecular weight is 282 g/mol. The molecule has 0 N–H and O–H groups in total. The van der Waals surface area contributed by atoms with Gasteiger partial charge < -0.3 is 9.26 Å². The molecule has 4 heteroatoms. The summed E-state index contributed by atoms with van der Waals surface area (Å²) >= 11 is 3.43. The van der Waals surface area contributed by atoms with Crippen molar-refractivity contribution in [1.29, 1.82) is 0 Å². The van der Waals surface area contributed by atoms with E-state index >= 15 is 0 Å². The molecule has 1 atom stereocenters. The van der Waals surface area contributed by atoms with E-state index in [1.54, 1.807) is 6.20 Å². The number of rotatable bonds is 4. The van der Waals surface area contributed by atoms with E-state index in [-0.39, 0.29) is 5.01 Å². The maximum Gasteiger partial charge on any atom is 0.166 e. The third-order valence-corrected chi connectivity index (χ3v) is 2.98. The quantitative estimate of drug-likeness (QED) is 0.799. The van der Waals surface area contributed by atoms with Crippen LogP contribution in [0.1, 0.15) is 13.3 Å². The first-order valence-electron chi connectivity index (χ1n) is 5.11. The number of hydrogen-bond donors (Lipinski definition) is 0. The molecule has 0 aliphatic heterocycles. The molecule has 84 valence electrons. The van der Waals surface area contributed by atoms with E-state index in [1.165, 1.54) is 0 Å². The van der Waals surface area contributed by atoms with Crippen LogP contribution >= 0.6 is 15.9 Å². The molecule has 1 heterocycles. The van der Waals surface area contributed by atoms with E-state index in [0.717, 1.165) is 23.5 Å². The first-order chi connectivity index (χ1) is 7.79. The fraction of sp³-hybridized carbons (Fsp3) is 0.250. The summed E-state index contributed by atoms with van der Waals surface area (Å²) in [6.07, 6.45) is 2.54. The van der Waals surface area contributed by atoms with Crippen molar-refractivity contribution in [3.8, 4) is 17.1 Å². The molecule has 2 rings (SSSR count). The molecule has 0 bridgehead atoms. The molecule has 0 amide bonds. The van der Waals surface area contributed by atoms with Gasteiger partial charge in [0, 0.05) is 11.6 Å². The van der Waals surface area contributed by atoms with Crippen LogP contribution in [0.4, 0.5) is 0 Å². The van der Waals surface area contributed by atoms with E-state index in [4.69, 9.17) is 9.26 Å². The van der Waals surface area contributed by atoms with Gasteiger partial charge in [0.15, 0.2) is 10.8 Å². The lowest BCUT2D eigenvalue weighted by Gasteiger charge is -2.11. The smallest absolute Gasteiger partial charge is 0.166 e. The second-order valence-electron chi connectivity index (χ2n) is 3.34. The van der Waals surface area contributed by atoms with Gasteiger partial charge in [-0.2, -0.15) is 0 Å². The van der Waals surface area contributed by atoms with Crippen LogP contribution in [-0.4, -0.2) is 10.2 Å². The van der Waals surface area contributed by atoms with Crippen molar-refractivity contribution in [3.05, 3.63) is 36.5 Å². The maximum atomic E-state index is 5.66. The van der Waals surface area contributed by atoms with Crippen LogP contribution in [0.15, 0.2) is 41.1 Å². The molecule has 0 spiro atoms. The maximum absolute atomic E-state index is 5.66. The van der Waals surface area contributed by atoms with Gasteiger partial charge in [-0.05, 0) is 34.5 Å². The zero-order valence-corrected chi connectivity index (χ0v) is 10.5. The highest BCUT2D eigenvalue weighted by Gasteiger charge is 2.06. The standard InChI is InChI=1S/C12H12BrNO2/c1-2-12(13)15-10-5-3-4-9(8-10)11-6-7-14-16-11/h3-8,12H,2H2,1H3. The van der Waals surface area contributed by atoms with Crippen molar-refractivity contribution in [2.45, 2.75) is 18.4 Å². The number of nitrogens with zero attached hydrogens (tertiary/aromatic N) is 1. The zero-order valence-electron chi connectivity index (χ0n) is 8.89. The first kappa shape index (κ1) is 11.2. The van der Waals surface area contributed by atoms with Crippen LogP contribution in [0.5, 0.6) is 5.75 Å². The van der Waals surface area contributed by atoms with Gasteiger partial charge in [-0.3, -0.25) is 0 Å². The minimum absolute atomic E-state index is 0.0393. The van der Waals surface area contributed by atoms with Crippen LogP contribution in [0, 0.1) is 0 Å². The van der Waals surface area contributed by atoms with Crippen molar-refractivity contribution >= 4 is 15.9 Å². The third-order valence-electron chi connectivity index (χ3n) is 2.14. The van der Waals surface area contributed by atoms with Crippen LogP contribution in [-0.2, 0) is 0 Å². The summed E-state index contributed by atoms with van der Waals surface area (Å²) in [5.74, 6) is 1.56. The molecule has 1 aromatic heterocycles. The highest BCUT2D eigenvalue weighted by molar-refractivity contribution is 9.09. The van der Waals surface area contributed by atoms with Crippen molar-refractivity contribution in [3.63, 3.8) is 0 Å². The third kappa shape index (κ3) is 2.64. The molecule has 2 aromatic rings. The summed E-state index contributed by atoms with van der Waals surface area (Å²) < 4.78 is 10.7. The fourth-order valence-corrected chi connectivity index (χ4v) is 1.53. The average Bonchev–Trinajstić information content (AvgIpc) is 2.83. The Kier molecular flexibility index (Phi) is 3.62. The van der Waals surface area contributed by atoms with Gasteiger partial charge in [0.2, 0.25) is 0 Å². The molecular formula is C12H12BrNO2. The molecule has 16 heavy (non-hydrogen) atoms. The predicted octanol–water partition coefficient (Wildman–Crippen LogP) is 3.85. The molecule has 0 aliphatic rings. The Balaban J connectivity index is 2.20. The first-order valence-corrected chi connectivity index (χ1v) is 6.03. The lowest BCUT2D eigenvalue weighted by atomic mass is 10.2. The highest BCUT2D eigenvalue weighted by Crippen LogP contribution is 2.25. The molecule has 3 nitrogen and oxygen atoms in total. The Morgan fingerprint density at radius 2 is 2.31 bits per heavy atom. The van der Waals surface area contributed by atoms with Crippen molar-refractivity contribution in [1.82, 2.24) is 5.16 Å². The second kappa shape index (κ2) is 5.16. The molecule has 0 aliphatic carbocycles. The summed E-state index contributed by atoms with van der Waals surface area (Å²) in [4.78, 5) is 0. The van der Waals surface area contributed by atoms with E-state index in [1.807, 2.05) is 30.3 Å². The lowest BCUT2D eigenvalue weighted by Crippen LogP contribution is -2.05. The van der Waals surface area contributed by atoms with Crippen LogP contribution < -0.4 is 4.74 Å². The van der Waals surface area contributed by atoms with Crippen molar-refractivity contribution in [2.24, 2.45) is 0 Å². The predicted molar refractivity (Wildman–Crippen MR) is 65.6 cm³/mol.